The molecule has 4 nitrogen and oxygen atoms in total. The number of rotatable bonds is 5. The molecule has 0 fully saturated rings. The van der Waals surface area contributed by atoms with Crippen LogP contribution in [-0.2, 0) is 9.53 Å². The van der Waals surface area contributed by atoms with Crippen molar-refractivity contribution in [3.8, 4) is 5.75 Å². The van der Waals surface area contributed by atoms with E-state index in [1.165, 1.54) is 19.2 Å². The Balaban J connectivity index is 2.54. The van der Waals surface area contributed by atoms with Crippen molar-refractivity contribution < 1.29 is 18.7 Å². The molecule has 0 saturated carbocycles. The first-order valence-corrected chi connectivity index (χ1v) is 5.63. The van der Waals surface area contributed by atoms with Crippen LogP contribution in [0, 0.1) is 12.7 Å². The predicted octanol–water partition coefficient (Wildman–Crippen LogP) is 1.79. The summed E-state index contributed by atoms with van der Waals surface area (Å²) in [7, 11) is 1.29. The first kappa shape index (κ1) is 14.4. The van der Waals surface area contributed by atoms with E-state index in [0.717, 1.165) is 0 Å². The maximum absolute atomic E-state index is 12.9. The third-order valence-corrected chi connectivity index (χ3v) is 2.67. The van der Waals surface area contributed by atoms with Crippen LogP contribution in [0.1, 0.15) is 18.9 Å². The number of ether oxygens (including phenoxy) is 2. The van der Waals surface area contributed by atoms with Crippen LogP contribution < -0.4 is 10.5 Å². The lowest BCUT2D eigenvalue weighted by Gasteiger charge is -2.21. The minimum absolute atomic E-state index is 0.259. The van der Waals surface area contributed by atoms with Gasteiger partial charge in [0, 0.05) is 6.42 Å². The number of carbonyl (C=O) groups is 1. The molecule has 0 aliphatic carbocycles. The van der Waals surface area contributed by atoms with Gasteiger partial charge in [0.15, 0.2) is 0 Å². The second-order valence-electron chi connectivity index (χ2n) is 4.42. The van der Waals surface area contributed by atoms with E-state index in [4.69, 9.17) is 10.5 Å². The van der Waals surface area contributed by atoms with Gasteiger partial charge in [0.1, 0.15) is 17.1 Å². The summed E-state index contributed by atoms with van der Waals surface area (Å²) in [4.78, 5) is 11.3. The van der Waals surface area contributed by atoms with Crippen molar-refractivity contribution in [2.75, 3.05) is 13.7 Å². The molecule has 0 aliphatic heterocycles. The molecule has 0 radical (unpaired) electrons. The summed E-state index contributed by atoms with van der Waals surface area (Å²) >= 11 is 0. The Labute approximate surface area is 106 Å². The second kappa shape index (κ2) is 5.82. The summed E-state index contributed by atoms with van der Waals surface area (Å²) in [5, 5.41) is 0. The van der Waals surface area contributed by atoms with Crippen LogP contribution in [0.4, 0.5) is 4.39 Å². The molecule has 1 aromatic carbocycles. The van der Waals surface area contributed by atoms with E-state index in [1.54, 1.807) is 19.9 Å². The first-order valence-electron chi connectivity index (χ1n) is 5.63. The maximum atomic E-state index is 12.9. The number of esters is 1. The Morgan fingerprint density at radius 1 is 1.50 bits per heavy atom. The molecule has 1 unspecified atom stereocenters. The largest absolute Gasteiger partial charge is 0.493 e. The molecular formula is C13H18FNO3. The Kier molecular flexibility index (Phi) is 4.67. The Hall–Kier alpha value is -1.62. The van der Waals surface area contributed by atoms with Gasteiger partial charge in [-0.1, -0.05) is 0 Å². The zero-order valence-corrected chi connectivity index (χ0v) is 10.8. The summed E-state index contributed by atoms with van der Waals surface area (Å²) in [5.74, 6) is -0.211. The Morgan fingerprint density at radius 3 is 2.72 bits per heavy atom. The standard InChI is InChI=1S/C13H18FNO3/c1-9-8-10(14)4-5-11(9)18-7-6-13(2,15)12(16)17-3/h4-5,8H,6-7,15H2,1-3H3. The topological polar surface area (TPSA) is 61.5 Å². The molecule has 0 amide bonds. The first-order chi connectivity index (χ1) is 8.36. The van der Waals surface area contributed by atoms with Crippen molar-refractivity contribution in [1.29, 1.82) is 0 Å². The van der Waals surface area contributed by atoms with Gasteiger partial charge < -0.3 is 15.2 Å². The quantitative estimate of drug-likeness (QED) is 0.815. The van der Waals surface area contributed by atoms with Crippen LogP contribution in [0.5, 0.6) is 5.75 Å². The van der Waals surface area contributed by atoms with E-state index in [2.05, 4.69) is 4.74 Å². The number of carbonyl (C=O) groups excluding carboxylic acids is 1. The number of hydrogen-bond donors (Lipinski definition) is 1. The molecule has 0 heterocycles. The van der Waals surface area contributed by atoms with Gasteiger partial charge in [0.25, 0.3) is 0 Å². The second-order valence-corrected chi connectivity index (χ2v) is 4.42. The number of hydrogen-bond acceptors (Lipinski definition) is 4. The number of benzene rings is 1. The van der Waals surface area contributed by atoms with Crippen LogP contribution in [0.15, 0.2) is 18.2 Å². The SMILES string of the molecule is COC(=O)C(C)(N)CCOc1ccc(F)cc1C. The predicted molar refractivity (Wildman–Crippen MR) is 65.9 cm³/mol. The van der Waals surface area contributed by atoms with Crippen molar-refractivity contribution in [1.82, 2.24) is 0 Å². The van der Waals surface area contributed by atoms with Crippen molar-refractivity contribution in [3.63, 3.8) is 0 Å². The third-order valence-electron chi connectivity index (χ3n) is 2.67. The Bertz CT molecular complexity index is 432. The van der Waals surface area contributed by atoms with Crippen LogP contribution in [0.25, 0.3) is 0 Å². The summed E-state index contributed by atoms with van der Waals surface area (Å²) in [6.07, 6.45) is 0.316. The van der Waals surface area contributed by atoms with E-state index >= 15 is 0 Å². The molecule has 100 valence electrons. The van der Waals surface area contributed by atoms with Crippen LogP contribution in [-0.4, -0.2) is 25.2 Å². The fraction of sp³-hybridized carbons (Fsp3) is 0.462. The third kappa shape index (κ3) is 3.70. The zero-order valence-electron chi connectivity index (χ0n) is 10.8. The minimum atomic E-state index is -1.08. The van der Waals surface area contributed by atoms with Crippen molar-refractivity contribution >= 4 is 5.97 Å². The highest BCUT2D eigenvalue weighted by Crippen LogP contribution is 2.19. The van der Waals surface area contributed by atoms with Crippen molar-refractivity contribution in [2.45, 2.75) is 25.8 Å². The number of methoxy groups -OCH3 is 1. The van der Waals surface area contributed by atoms with Gasteiger partial charge in [0.2, 0.25) is 0 Å². The van der Waals surface area contributed by atoms with Gasteiger partial charge in [-0.15, -0.1) is 0 Å². The van der Waals surface area contributed by atoms with Crippen LogP contribution in [0.2, 0.25) is 0 Å². The number of aryl methyl sites for hydroxylation is 1. The van der Waals surface area contributed by atoms with Crippen LogP contribution in [0.3, 0.4) is 0 Å². The highest BCUT2D eigenvalue weighted by molar-refractivity contribution is 5.79. The normalized spacial score (nSPS) is 13.8. The zero-order chi connectivity index (χ0) is 13.8. The molecule has 1 rings (SSSR count). The molecule has 2 N–H and O–H groups in total. The fourth-order valence-electron chi connectivity index (χ4n) is 1.48. The maximum Gasteiger partial charge on any atom is 0.325 e. The van der Waals surface area contributed by atoms with E-state index in [-0.39, 0.29) is 12.4 Å². The molecule has 0 aromatic heterocycles. The van der Waals surface area contributed by atoms with Crippen molar-refractivity contribution in [3.05, 3.63) is 29.6 Å². The molecule has 1 atom stereocenters. The molecule has 0 saturated heterocycles. The molecule has 0 spiro atoms. The molecule has 1 aromatic rings. The average molecular weight is 255 g/mol. The summed E-state index contributed by atoms with van der Waals surface area (Å²) < 4.78 is 22.9. The lowest BCUT2D eigenvalue weighted by Crippen LogP contribution is -2.46. The van der Waals surface area contributed by atoms with Gasteiger partial charge in [-0.05, 0) is 37.6 Å². The molecular weight excluding hydrogens is 237 g/mol. The highest BCUT2D eigenvalue weighted by atomic mass is 19.1. The number of nitrogens with two attached hydrogens (primary N) is 1. The van der Waals surface area contributed by atoms with Crippen LogP contribution >= 0.6 is 0 Å². The summed E-state index contributed by atoms with van der Waals surface area (Å²) in [5.41, 5.74) is 5.40. The van der Waals surface area contributed by atoms with E-state index in [0.29, 0.717) is 17.7 Å². The monoisotopic (exact) mass is 255 g/mol. The van der Waals surface area contributed by atoms with E-state index in [1.807, 2.05) is 0 Å². The molecule has 0 bridgehead atoms. The van der Waals surface area contributed by atoms with Gasteiger partial charge in [-0.2, -0.15) is 0 Å². The van der Waals surface area contributed by atoms with Gasteiger partial charge in [-0.3, -0.25) is 4.79 Å². The number of halogens is 1. The van der Waals surface area contributed by atoms with Gasteiger partial charge in [-0.25, -0.2) is 4.39 Å². The molecule has 0 aliphatic rings. The van der Waals surface area contributed by atoms with Gasteiger partial charge >= 0.3 is 5.97 Å². The highest BCUT2D eigenvalue weighted by Gasteiger charge is 2.29. The fourth-order valence-corrected chi connectivity index (χ4v) is 1.48. The average Bonchev–Trinajstić information content (AvgIpc) is 2.30. The van der Waals surface area contributed by atoms with E-state index < -0.39 is 11.5 Å². The molecule has 5 heteroatoms. The minimum Gasteiger partial charge on any atom is -0.493 e. The van der Waals surface area contributed by atoms with Gasteiger partial charge in [0.05, 0.1) is 13.7 Å². The molecule has 18 heavy (non-hydrogen) atoms. The lowest BCUT2D eigenvalue weighted by molar-refractivity contribution is -0.146. The smallest absolute Gasteiger partial charge is 0.325 e. The summed E-state index contributed by atoms with van der Waals surface area (Å²) in [6.45, 7) is 3.59. The van der Waals surface area contributed by atoms with Crippen molar-refractivity contribution in [2.24, 2.45) is 5.73 Å². The summed E-state index contributed by atoms with van der Waals surface area (Å²) in [6, 6.07) is 4.26. The Morgan fingerprint density at radius 2 is 2.17 bits per heavy atom. The lowest BCUT2D eigenvalue weighted by atomic mass is 10.0. The van der Waals surface area contributed by atoms with E-state index in [9.17, 15) is 9.18 Å².